The highest BCUT2D eigenvalue weighted by Crippen LogP contribution is 2.58. The van der Waals surface area contributed by atoms with Crippen LogP contribution in [0.2, 0.25) is 0 Å². The topological polar surface area (TPSA) is 38.0 Å². The van der Waals surface area contributed by atoms with Gasteiger partial charge in [0.25, 0.3) is 0 Å². The van der Waals surface area contributed by atoms with Crippen molar-refractivity contribution < 1.29 is 0 Å². The van der Waals surface area contributed by atoms with E-state index in [0.717, 1.165) is 36.3 Å². The van der Waals surface area contributed by atoms with Crippen molar-refractivity contribution in [1.29, 1.82) is 0 Å². The fourth-order valence-electron chi connectivity index (χ4n) is 4.69. The van der Waals surface area contributed by atoms with E-state index >= 15 is 0 Å². The Hall–Kier alpha value is -0.0800. The minimum absolute atomic E-state index is 0.509. The van der Waals surface area contributed by atoms with Gasteiger partial charge in [0.15, 0.2) is 0 Å². The lowest BCUT2D eigenvalue weighted by Crippen LogP contribution is -2.46. The third kappa shape index (κ3) is 1.53. The van der Waals surface area contributed by atoms with E-state index in [1.807, 2.05) is 0 Å². The van der Waals surface area contributed by atoms with Gasteiger partial charge in [0.1, 0.15) is 0 Å². The number of hydrogen-bond acceptors (Lipinski definition) is 2. The van der Waals surface area contributed by atoms with Gasteiger partial charge in [-0.2, -0.15) is 0 Å². The summed E-state index contributed by atoms with van der Waals surface area (Å²) < 4.78 is 0. The van der Waals surface area contributed by atoms with Crippen LogP contribution in [0.1, 0.15) is 39.0 Å². The molecule has 0 saturated heterocycles. The Morgan fingerprint density at radius 3 is 2.80 bits per heavy atom. The summed E-state index contributed by atoms with van der Waals surface area (Å²) in [4.78, 5) is 0. The van der Waals surface area contributed by atoms with Crippen molar-refractivity contribution in [3.63, 3.8) is 0 Å². The van der Waals surface area contributed by atoms with Gasteiger partial charge in [-0.25, -0.2) is 0 Å². The predicted molar refractivity (Wildman–Crippen MR) is 62.5 cm³/mol. The number of rotatable bonds is 3. The van der Waals surface area contributed by atoms with Crippen molar-refractivity contribution in [1.82, 2.24) is 5.32 Å². The summed E-state index contributed by atoms with van der Waals surface area (Å²) in [7, 11) is 0. The molecule has 0 radical (unpaired) electrons. The molecule has 86 valence electrons. The van der Waals surface area contributed by atoms with E-state index in [2.05, 4.69) is 12.2 Å². The van der Waals surface area contributed by atoms with Gasteiger partial charge in [-0.3, -0.25) is 0 Å². The fraction of sp³-hybridized carbons (Fsp3) is 1.00. The zero-order valence-corrected chi connectivity index (χ0v) is 9.78. The van der Waals surface area contributed by atoms with Crippen LogP contribution in [-0.4, -0.2) is 18.6 Å². The quantitative estimate of drug-likeness (QED) is 0.741. The second-order valence-electron chi connectivity index (χ2n) is 6.06. The maximum Gasteiger partial charge on any atom is 0.0164 e. The van der Waals surface area contributed by atoms with Crippen LogP contribution in [0.25, 0.3) is 0 Å². The molecule has 6 atom stereocenters. The number of hydrogen-bond donors (Lipinski definition) is 2. The normalized spacial score (nSPS) is 49.6. The van der Waals surface area contributed by atoms with E-state index in [0.29, 0.717) is 6.04 Å². The maximum absolute atomic E-state index is 5.69. The summed E-state index contributed by atoms with van der Waals surface area (Å²) in [5.74, 6) is 4.24. The highest BCUT2D eigenvalue weighted by Gasteiger charge is 2.53. The molecule has 3 aliphatic carbocycles. The summed E-state index contributed by atoms with van der Waals surface area (Å²) in [5.41, 5.74) is 5.69. The largest absolute Gasteiger partial charge is 0.329 e. The molecule has 0 amide bonds. The number of fused-ring (bicyclic) bond motifs is 5. The van der Waals surface area contributed by atoms with Crippen LogP contribution < -0.4 is 11.1 Å². The molecule has 15 heavy (non-hydrogen) atoms. The lowest BCUT2D eigenvalue weighted by atomic mass is 9.79. The van der Waals surface area contributed by atoms with Crippen LogP contribution in [0.3, 0.4) is 0 Å². The van der Waals surface area contributed by atoms with Crippen LogP contribution in [0.4, 0.5) is 0 Å². The predicted octanol–water partition coefficient (Wildman–Crippen LogP) is 1.75. The first-order chi connectivity index (χ1) is 7.29. The number of nitrogens with two attached hydrogens (primary N) is 1. The SMILES string of the molecule is CC(CN)NC1CC2CC1C1CCCC21. The molecule has 3 N–H and O–H groups in total. The molecule has 6 unspecified atom stereocenters. The maximum atomic E-state index is 5.69. The molecule has 3 fully saturated rings. The van der Waals surface area contributed by atoms with Gasteiger partial charge < -0.3 is 11.1 Å². The van der Waals surface area contributed by atoms with E-state index in [1.165, 1.54) is 32.1 Å². The van der Waals surface area contributed by atoms with Gasteiger partial charge in [-0.15, -0.1) is 0 Å². The second kappa shape index (κ2) is 3.74. The first-order valence-corrected chi connectivity index (χ1v) is 6.75. The Morgan fingerprint density at radius 1 is 1.20 bits per heavy atom. The molecule has 0 aromatic rings. The molecule has 0 aromatic carbocycles. The lowest BCUT2D eigenvalue weighted by Gasteiger charge is -2.33. The molecular weight excluding hydrogens is 184 g/mol. The first kappa shape index (κ1) is 10.1. The smallest absolute Gasteiger partial charge is 0.0164 e. The highest BCUT2D eigenvalue weighted by molar-refractivity contribution is 5.05. The zero-order valence-electron chi connectivity index (χ0n) is 9.78. The molecule has 3 aliphatic rings. The lowest BCUT2D eigenvalue weighted by molar-refractivity contribution is 0.200. The Kier molecular flexibility index (Phi) is 2.52. The van der Waals surface area contributed by atoms with Crippen molar-refractivity contribution in [2.45, 2.75) is 51.1 Å². The molecule has 0 spiro atoms. The summed E-state index contributed by atoms with van der Waals surface area (Å²) >= 11 is 0. The minimum atomic E-state index is 0.509. The Balaban J connectivity index is 1.65. The molecule has 2 heteroatoms. The van der Waals surface area contributed by atoms with Crippen LogP contribution >= 0.6 is 0 Å². The second-order valence-corrected chi connectivity index (χ2v) is 6.06. The van der Waals surface area contributed by atoms with Crippen LogP contribution in [0.15, 0.2) is 0 Å². The third-order valence-corrected chi connectivity index (χ3v) is 5.28. The summed E-state index contributed by atoms with van der Waals surface area (Å²) in [6, 6.07) is 1.31. The van der Waals surface area contributed by atoms with Crippen LogP contribution in [0, 0.1) is 23.7 Å². The van der Waals surface area contributed by atoms with Gasteiger partial charge in [-0.1, -0.05) is 6.42 Å². The molecule has 0 aliphatic heterocycles. The van der Waals surface area contributed by atoms with E-state index in [9.17, 15) is 0 Å². The van der Waals surface area contributed by atoms with Gasteiger partial charge in [0, 0.05) is 18.6 Å². The molecule has 2 bridgehead atoms. The van der Waals surface area contributed by atoms with E-state index < -0.39 is 0 Å². The van der Waals surface area contributed by atoms with Crippen molar-refractivity contribution >= 4 is 0 Å². The van der Waals surface area contributed by atoms with Gasteiger partial charge >= 0.3 is 0 Å². The Labute approximate surface area is 93.0 Å². The van der Waals surface area contributed by atoms with Gasteiger partial charge in [-0.05, 0) is 56.3 Å². The zero-order chi connectivity index (χ0) is 10.4. The minimum Gasteiger partial charge on any atom is -0.329 e. The standard InChI is InChI=1S/C13H24N2/c1-8(7-14)15-13-6-9-5-12(13)11-4-2-3-10(9)11/h8-13,15H,2-7,14H2,1H3. The molecule has 3 rings (SSSR count). The van der Waals surface area contributed by atoms with Gasteiger partial charge in [0.2, 0.25) is 0 Å². The molecule has 0 aromatic heterocycles. The summed E-state index contributed by atoms with van der Waals surface area (Å²) in [5, 5.41) is 3.75. The first-order valence-electron chi connectivity index (χ1n) is 6.75. The Morgan fingerprint density at radius 2 is 2.00 bits per heavy atom. The van der Waals surface area contributed by atoms with Crippen molar-refractivity contribution in [2.24, 2.45) is 29.4 Å². The molecular formula is C13H24N2. The summed E-state index contributed by atoms with van der Waals surface area (Å²) in [6.07, 6.45) is 7.51. The average molecular weight is 208 g/mol. The Bertz CT molecular complexity index is 241. The van der Waals surface area contributed by atoms with Gasteiger partial charge in [0.05, 0.1) is 0 Å². The van der Waals surface area contributed by atoms with E-state index in [4.69, 9.17) is 5.73 Å². The molecule has 3 saturated carbocycles. The van der Waals surface area contributed by atoms with E-state index in [1.54, 1.807) is 0 Å². The third-order valence-electron chi connectivity index (χ3n) is 5.28. The monoisotopic (exact) mass is 208 g/mol. The fourth-order valence-corrected chi connectivity index (χ4v) is 4.69. The number of nitrogens with one attached hydrogen (secondary N) is 1. The average Bonchev–Trinajstić information content (AvgIpc) is 2.87. The summed E-state index contributed by atoms with van der Waals surface area (Å²) in [6.45, 7) is 3.00. The van der Waals surface area contributed by atoms with Crippen LogP contribution in [0.5, 0.6) is 0 Å². The highest BCUT2D eigenvalue weighted by atomic mass is 15.0. The van der Waals surface area contributed by atoms with Crippen molar-refractivity contribution in [3.8, 4) is 0 Å². The molecule has 0 heterocycles. The van der Waals surface area contributed by atoms with E-state index in [-0.39, 0.29) is 0 Å². The van der Waals surface area contributed by atoms with Crippen LogP contribution in [-0.2, 0) is 0 Å². The van der Waals surface area contributed by atoms with Crippen molar-refractivity contribution in [2.75, 3.05) is 6.54 Å². The molecule has 2 nitrogen and oxygen atoms in total. The van der Waals surface area contributed by atoms with Crippen molar-refractivity contribution in [3.05, 3.63) is 0 Å².